The molecule has 1 aliphatic heterocycles. The van der Waals surface area contributed by atoms with Gasteiger partial charge in [-0.1, -0.05) is 6.07 Å². The largest absolute Gasteiger partial charge is 0.353 e. The summed E-state index contributed by atoms with van der Waals surface area (Å²) in [7, 11) is 0. The number of aryl methyl sites for hydroxylation is 1. The first-order valence-corrected chi connectivity index (χ1v) is 8.68. The highest BCUT2D eigenvalue weighted by molar-refractivity contribution is 5.76. The molecule has 1 fully saturated rings. The molecule has 0 atom stereocenters. The fourth-order valence-corrected chi connectivity index (χ4v) is 3.15. The van der Waals surface area contributed by atoms with Crippen LogP contribution in [0.2, 0.25) is 0 Å². The monoisotopic (exact) mass is 327 g/mol. The molecule has 0 aromatic carbocycles. The maximum Gasteiger partial charge on any atom is 0.220 e. The van der Waals surface area contributed by atoms with Gasteiger partial charge in [0.1, 0.15) is 0 Å². The second-order valence-corrected chi connectivity index (χ2v) is 6.44. The average molecular weight is 327 g/mol. The Hall–Kier alpha value is -2.21. The molecule has 1 aliphatic rings. The molecule has 1 saturated heterocycles. The van der Waals surface area contributed by atoms with Crippen LogP contribution in [0.1, 0.15) is 36.8 Å². The molecule has 0 spiro atoms. The van der Waals surface area contributed by atoms with Crippen molar-refractivity contribution in [1.82, 2.24) is 25.4 Å². The predicted octanol–water partition coefficient (Wildman–Crippen LogP) is 1.91. The molecule has 0 aliphatic carbocycles. The number of likely N-dealkylation sites (tertiary alicyclic amines) is 1. The van der Waals surface area contributed by atoms with E-state index < -0.39 is 0 Å². The summed E-state index contributed by atoms with van der Waals surface area (Å²) in [5.74, 6) is 0.171. The molecule has 2 aromatic rings. The number of piperidine rings is 1. The number of hydrogen-bond acceptors (Lipinski definition) is 4. The zero-order chi connectivity index (χ0) is 16.6. The number of nitrogens with zero attached hydrogens (tertiary/aromatic N) is 3. The van der Waals surface area contributed by atoms with Crippen molar-refractivity contribution >= 4 is 5.91 Å². The van der Waals surface area contributed by atoms with Crippen molar-refractivity contribution in [3.63, 3.8) is 0 Å². The third kappa shape index (κ3) is 5.16. The van der Waals surface area contributed by atoms with Gasteiger partial charge in [0.2, 0.25) is 5.91 Å². The number of carbonyl (C=O) groups excluding carboxylic acids is 1. The summed E-state index contributed by atoms with van der Waals surface area (Å²) >= 11 is 0. The van der Waals surface area contributed by atoms with Gasteiger partial charge in [0.05, 0.1) is 6.20 Å². The minimum absolute atomic E-state index is 0.171. The molecule has 6 nitrogen and oxygen atoms in total. The van der Waals surface area contributed by atoms with E-state index in [2.05, 4.69) is 31.5 Å². The number of hydrogen-bond donors (Lipinski definition) is 2. The standard InChI is InChI=1S/C18H25N5O/c24-18(5-1-3-15-12-20-21-13-15)22-17-6-9-23(10-7-17)14-16-4-2-8-19-11-16/h2,4,8,11-13,17H,1,3,5-7,9-10,14H2,(H,20,21)(H,22,24). The first-order valence-electron chi connectivity index (χ1n) is 8.68. The van der Waals surface area contributed by atoms with Crippen molar-refractivity contribution in [3.8, 4) is 0 Å². The summed E-state index contributed by atoms with van der Waals surface area (Å²) < 4.78 is 0. The van der Waals surface area contributed by atoms with E-state index in [1.54, 1.807) is 6.20 Å². The molecule has 0 saturated carbocycles. The Morgan fingerprint density at radius 2 is 2.17 bits per heavy atom. The van der Waals surface area contributed by atoms with Crippen LogP contribution in [0, 0.1) is 0 Å². The van der Waals surface area contributed by atoms with E-state index in [0.29, 0.717) is 12.5 Å². The molecular formula is C18H25N5O. The third-order valence-corrected chi connectivity index (χ3v) is 4.51. The van der Waals surface area contributed by atoms with Crippen LogP contribution in [0.4, 0.5) is 0 Å². The van der Waals surface area contributed by atoms with Crippen LogP contribution < -0.4 is 5.32 Å². The number of aromatic amines is 1. The van der Waals surface area contributed by atoms with Crippen molar-refractivity contribution in [3.05, 3.63) is 48.0 Å². The summed E-state index contributed by atoms with van der Waals surface area (Å²) in [6.45, 7) is 2.99. The number of amides is 1. The van der Waals surface area contributed by atoms with Crippen LogP contribution in [0.3, 0.4) is 0 Å². The lowest BCUT2D eigenvalue weighted by molar-refractivity contribution is -0.122. The van der Waals surface area contributed by atoms with Gasteiger partial charge < -0.3 is 5.32 Å². The van der Waals surface area contributed by atoms with Crippen LogP contribution >= 0.6 is 0 Å². The Morgan fingerprint density at radius 3 is 2.88 bits per heavy atom. The van der Waals surface area contributed by atoms with E-state index in [0.717, 1.165) is 50.9 Å². The van der Waals surface area contributed by atoms with E-state index >= 15 is 0 Å². The summed E-state index contributed by atoms with van der Waals surface area (Å²) in [6.07, 6.45) is 11.8. The fraction of sp³-hybridized carbons (Fsp3) is 0.500. The van der Waals surface area contributed by atoms with Gasteiger partial charge in [-0.3, -0.25) is 19.8 Å². The van der Waals surface area contributed by atoms with E-state index in [-0.39, 0.29) is 5.91 Å². The van der Waals surface area contributed by atoms with Crippen molar-refractivity contribution in [1.29, 1.82) is 0 Å². The molecule has 2 N–H and O–H groups in total. The van der Waals surface area contributed by atoms with Gasteiger partial charge in [0, 0.05) is 50.7 Å². The van der Waals surface area contributed by atoms with Crippen molar-refractivity contribution < 1.29 is 4.79 Å². The lowest BCUT2D eigenvalue weighted by Gasteiger charge is -2.32. The Morgan fingerprint density at radius 1 is 1.29 bits per heavy atom. The summed E-state index contributed by atoms with van der Waals surface area (Å²) in [4.78, 5) is 18.6. The van der Waals surface area contributed by atoms with Crippen LogP contribution in [-0.2, 0) is 17.8 Å². The van der Waals surface area contributed by atoms with E-state index in [1.165, 1.54) is 5.56 Å². The fourth-order valence-electron chi connectivity index (χ4n) is 3.15. The van der Waals surface area contributed by atoms with Crippen LogP contribution in [0.25, 0.3) is 0 Å². The first kappa shape index (κ1) is 16.6. The molecule has 1 amide bonds. The molecule has 3 rings (SSSR count). The molecule has 0 unspecified atom stereocenters. The van der Waals surface area contributed by atoms with E-state index in [9.17, 15) is 4.79 Å². The normalized spacial score (nSPS) is 16.2. The van der Waals surface area contributed by atoms with Gasteiger partial charge in [0.25, 0.3) is 0 Å². The van der Waals surface area contributed by atoms with Crippen LogP contribution in [-0.4, -0.2) is 45.1 Å². The second-order valence-electron chi connectivity index (χ2n) is 6.44. The molecule has 128 valence electrons. The number of carbonyl (C=O) groups is 1. The van der Waals surface area contributed by atoms with Gasteiger partial charge in [-0.25, -0.2) is 0 Å². The predicted molar refractivity (Wildman–Crippen MR) is 92.2 cm³/mol. The zero-order valence-electron chi connectivity index (χ0n) is 13.9. The van der Waals surface area contributed by atoms with Gasteiger partial charge >= 0.3 is 0 Å². The highest BCUT2D eigenvalue weighted by atomic mass is 16.1. The molecule has 0 bridgehead atoms. The first-order chi connectivity index (χ1) is 11.8. The minimum atomic E-state index is 0.171. The molecule has 6 heteroatoms. The lowest BCUT2D eigenvalue weighted by Crippen LogP contribution is -2.44. The number of H-pyrrole nitrogens is 1. The van der Waals surface area contributed by atoms with Gasteiger partial charge in [0.15, 0.2) is 0 Å². The van der Waals surface area contributed by atoms with E-state index in [1.807, 2.05) is 24.7 Å². The van der Waals surface area contributed by atoms with Gasteiger partial charge in [-0.15, -0.1) is 0 Å². The number of nitrogens with one attached hydrogen (secondary N) is 2. The number of aromatic nitrogens is 3. The minimum Gasteiger partial charge on any atom is -0.353 e. The highest BCUT2D eigenvalue weighted by Crippen LogP contribution is 2.14. The van der Waals surface area contributed by atoms with Crippen LogP contribution in [0.15, 0.2) is 36.9 Å². The maximum atomic E-state index is 12.1. The molecule has 3 heterocycles. The Balaban J connectivity index is 1.32. The second kappa shape index (κ2) is 8.59. The SMILES string of the molecule is O=C(CCCc1cn[nH]c1)NC1CCN(Cc2cccnc2)CC1. The maximum absolute atomic E-state index is 12.1. The van der Waals surface area contributed by atoms with Gasteiger partial charge in [-0.05, 0) is 42.9 Å². The number of rotatable bonds is 7. The summed E-state index contributed by atoms with van der Waals surface area (Å²) in [5.41, 5.74) is 2.41. The smallest absolute Gasteiger partial charge is 0.220 e. The molecule has 0 radical (unpaired) electrons. The number of pyridine rings is 1. The zero-order valence-corrected chi connectivity index (χ0v) is 13.9. The summed E-state index contributed by atoms with van der Waals surface area (Å²) in [5, 5.41) is 9.89. The average Bonchev–Trinajstić information content (AvgIpc) is 3.11. The van der Waals surface area contributed by atoms with Gasteiger partial charge in [-0.2, -0.15) is 5.10 Å². The molecule has 24 heavy (non-hydrogen) atoms. The topological polar surface area (TPSA) is 73.9 Å². The Bertz CT molecular complexity index is 606. The third-order valence-electron chi connectivity index (χ3n) is 4.51. The molecular weight excluding hydrogens is 302 g/mol. The van der Waals surface area contributed by atoms with Crippen molar-refractivity contribution in [2.45, 2.75) is 44.7 Å². The quantitative estimate of drug-likeness (QED) is 0.815. The lowest BCUT2D eigenvalue weighted by atomic mass is 10.0. The Kier molecular flexibility index (Phi) is 5.96. The Labute approximate surface area is 142 Å². The highest BCUT2D eigenvalue weighted by Gasteiger charge is 2.20. The summed E-state index contributed by atoms with van der Waals surface area (Å²) in [6, 6.07) is 4.41. The van der Waals surface area contributed by atoms with Crippen molar-refractivity contribution in [2.24, 2.45) is 0 Å². The van der Waals surface area contributed by atoms with E-state index in [4.69, 9.17) is 0 Å². The molecule has 2 aromatic heterocycles. The van der Waals surface area contributed by atoms with Crippen LogP contribution in [0.5, 0.6) is 0 Å². The van der Waals surface area contributed by atoms with Crippen molar-refractivity contribution in [2.75, 3.05) is 13.1 Å².